The molecule has 1 N–H and O–H groups in total. The van der Waals surface area contributed by atoms with Crippen molar-refractivity contribution < 1.29 is 23.8 Å². The van der Waals surface area contributed by atoms with Gasteiger partial charge in [-0.05, 0) is 56.7 Å². The Morgan fingerprint density at radius 2 is 1.81 bits per heavy atom. The minimum atomic E-state index is -1.13. The van der Waals surface area contributed by atoms with Crippen molar-refractivity contribution >= 4 is 23.5 Å². The van der Waals surface area contributed by atoms with Gasteiger partial charge in [0.15, 0.2) is 6.10 Å². The fourth-order valence-corrected chi connectivity index (χ4v) is 2.52. The zero-order valence-electron chi connectivity index (χ0n) is 15.5. The molecule has 0 aliphatic rings. The molecule has 0 aliphatic carbocycles. The molecule has 27 heavy (non-hydrogen) atoms. The van der Waals surface area contributed by atoms with Gasteiger partial charge in [-0.2, -0.15) is 0 Å². The van der Waals surface area contributed by atoms with E-state index in [1.807, 2.05) is 13.8 Å². The first-order valence-electron chi connectivity index (χ1n) is 8.38. The van der Waals surface area contributed by atoms with Gasteiger partial charge < -0.3 is 14.7 Å². The second-order valence-corrected chi connectivity index (χ2v) is 6.88. The van der Waals surface area contributed by atoms with Crippen molar-refractivity contribution in [2.75, 3.05) is 7.05 Å². The van der Waals surface area contributed by atoms with Gasteiger partial charge in [0.1, 0.15) is 11.6 Å². The summed E-state index contributed by atoms with van der Waals surface area (Å²) >= 11 is 6.04. The Hall–Kier alpha value is -2.60. The number of carbonyl (C=O) groups excluding carboxylic acids is 1. The Balaban J connectivity index is 2.44. The van der Waals surface area contributed by atoms with Crippen LogP contribution in [0.4, 0.5) is 4.39 Å². The SMILES string of the molecule is CC(C)N(C)C(=O)c1ccc(-c2cc(Cl)ccc2O[C@@H](C)C(=O)O)cc1F. The number of aliphatic carboxylic acids is 1. The number of hydrogen-bond acceptors (Lipinski definition) is 3. The highest BCUT2D eigenvalue weighted by Gasteiger charge is 2.20. The minimum Gasteiger partial charge on any atom is -0.479 e. The standard InChI is InChI=1S/C20H21ClFNO4/c1-11(2)23(4)19(24)15-7-5-13(9-17(15)22)16-10-14(21)6-8-18(16)27-12(3)20(25)26/h5-12H,1-4H3,(H,25,26)/t12-/m0/s1. The van der Waals surface area contributed by atoms with Gasteiger partial charge in [-0.1, -0.05) is 17.7 Å². The summed E-state index contributed by atoms with van der Waals surface area (Å²) in [5, 5.41) is 9.43. The molecular formula is C20H21ClFNO4. The molecule has 0 unspecified atom stereocenters. The summed E-state index contributed by atoms with van der Waals surface area (Å²) in [6, 6.07) is 8.77. The van der Waals surface area contributed by atoms with E-state index in [9.17, 15) is 14.0 Å². The maximum atomic E-state index is 14.6. The Kier molecular flexibility index (Phi) is 6.44. The molecule has 0 saturated carbocycles. The summed E-state index contributed by atoms with van der Waals surface area (Å²) in [6.07, 6.45) is -1.09. The molecular weight excluding hydrogens is 373 g/mol. The third kappa shape index (κ3) is 4.77. The maximum absolute atomic E-state index is 14.6. The van der Waals surface area contributed by atoms with Crippen LogP contribution in [0.25, 0.3) is 11.1 Å². The fraction of sp³-hybridized carbons (Fsp3) is 0.300. The highest BCUT2D eigenvalue weighted by Crippen LogP contribution is 2.34. The highest BCUT2D eigenvalue weighted by atomic mass is 35.5. The first-order chi connectivity index (χ1) is 12.6. The van der Waals surface area contributed by atoms with Crippen LogP contribution in [0.15, 0.2) is 36.4 Å². The summed E-state index contributed by atoms with van der Waals surface area (Å²) in [4.78, 5) is 24.9. The molecule has 1 amide bonds. The number of ether oxygens (including phenoxy) is 1. The van der Waals surface area contributed by atoms with E-state index in [1.54, 1.807) is 25.2 Å². The van der Waals surface area contributed by atoms with Crippen molar-refractivity contribution in [3.05, 3.63) is 52.8 Å². The van der Waals surface area contributed by atoms with Crippen molar-refractivity contribution in [3.63, 3.8) is 0 Å². The summed E-state index contributed by atoms with van der Waals surface area (Å²) in [5.74, 6) is -1.97. The van der Waals surface area contributed by atoms with Gasteiger partial charge in [0.2, 0.25) is 0 Å². The van der Waals surface area contributed by atoms with Crippen molar-refractivity contribution in [1.29, 1.82) is 0 Å². The lowest BCUT2D eigenvalue weighted by Crippen LogP contribution is -2.33. The monoisotopic (exact) mass is 393 g/mol. The normalized spacial score (nSPS) is 12.0. The minimum absolute atomic E-state index is 0.0432. The second-order valence-electron chi connectivity index (χ2n) is 6.44. The van der Waals surface area contributed by atoms with E-state index in [4.69, 9.17) is 21.4 Å². The average molecular weight is 394 g/mol. The molecule has 2 aromatic carbocycles. The van der Waals surface area contributed by atoms with E-state index >= 15 is 0 Å². The van der Waals surface area contributed by atoms with Gasteiger partial charge in [0.05, 0.1) is 5.56 Å². The predicted molar refractivity (Wildman–Crippen MR) is 102 cm³/mol. The molecule has 7 heteroatoms. The highest BCUT2D eigenvalue weighted by molar-refractivity contribution is 6.31. The van der Waals surface area contributed by atoms with E-state index in [2.05, 4.69) is 0 Å². The fourth-order valence-electron chi connectivity index (χ4n) is 2.35. The Labute approximate surface area is 162 Å². The maximum Gasteiger partial charge on any atom is 0.344 e. The molecule has 0 saturated heterocycles. The van der Waals surface area contributed by atoms with Crippen LogP contribution in [-0.2, 0) is 4.79 Å². The quantitative estimate of drug-likeness (QED) is 0.785. The van der Waals surface area contributed by atoms with Gasteiger partial charge in [0, 0.05) is 23.7 Å². The van der Waals surface area contributed by atoms with E-state index in [1.165, 1.54) is 30.0 Å². The first kappa shape index (κ1) is 20.7. The van der Waals surface area contributed by atoms with Crippen LogP contribution < -0.4 is 4.74 Å². The molecule has 0 spiro atoms. The van der Waals surface area contributed by atoms with Crippen molar-refractivity contribution in [1.82, 2.24) is 4.90 Å². The Morgan fingerprint density at radius 3 is 2.37 bits per heavy atom. The molecule has 5 nitrogen and oxygen atoms in total. The zero-order chi connectivity index (χ0) is 20.3. The molecule has 2 aromatic rings. The Bertz CT molecular complexity index is 869. The number of carbonyl (C=O) groups is 2. The van der Waals surface area contributed by atoms with Crippen LogP contribution in [0.3, 0.4) is 0 Å². The van der Waals surface area contributed by atoms with E-state index in [0.29, 0.717) is 16.1 Å². The number of rotatable bonds is 6. The van der Waals surface area contributed by atoms with Crippen LogP contribution in [0, 0.1) is 5.82 Å². The lowest BCUT2D eigenvalue weighted by Gasteiger charge is -2.22. The number of carboxylic acid groups (broad SMARTS) is 1. The van der Waals surface area contributed by atoms with Crippen molar-refractivity contribution in [2.24, 2.45) is 0 Å². The molecule has 144 valence electrons. The number of halogens is 2. The molecule has 0 fully saturated rings. The van der Waals surface area contributed by atoms with Gasteiger partial charge in [-0.25, -0.2) is 9.18 Å². The third-order valence-corrected chi connectivity index (χ3v) is 4.43. The lowest BCUT2D eigenvalue weighted by molar-refractivity contribution is -0.144. The smallest absolute Gasteiger partial charge is 0.344 e. The number of hydrogen-bond donors (Lipinski definition) is 1. The summed E-state index contributed by atoms with van der Waals surface area (Å²) < 4.78 is 20.1. The van der Waals surface area contributed by atoms with Gasteiger partial charge in [-0.3, -0.25) is 4.79 Å². The molecule has 0 heterocycles. The predicted octanol–water partition coefficient (Wildman–Crippen LogP) is 4.48. The van der Waals surface area contributed by atoms with Crippen molar-refractivity contribution in [3.8, 4) is 16.9 Å². The second kappa shape index (κ2) is 8.39. The van der Waals surface area contributed by atoms with Gasteiger partial charge >= 0.3 is 5.97 Å². The number of carboxylic acids is 1. The van der Waals surface area contributed by atoms with E-state index in [0.717, 1.165) is 0 Å². The summed E-state index contributed by atoms with van der Waals surface area (Å²) in [7, 11) is 1.61. The van der Waals surface area contributed by atoms with Crippen molar-refractivity contribution in [2.45, 2.75) is 32.9 Å². The molecule has 0 aromatic heterocycles. The van der Waals surface area contributed by atoms with Crippen LogP contribution in [0.1, 0.15) is 31.1 Å². The molecule has 2 rings (SSSR count). The first-order valence-corrected chi connectivity index (χ1v) is 8.75. The number of nitrogens with zero attached hydrogens (tertiary/aromatic N) is 1. The van der Waals surface area contributed by atoms with E-state index in [-0.39, 0.29) is 17.4 Å². The summed E-state index contributed by atoms with van der Waals surface area (Å²) in [5.41, 5.74) is 0.815. The van der Waals surface area contributed by atoms with Gasteiger partial charge in [0.25, 0.3) is 5.91 Å². The molecule has 0 aliphatic heterocycles. The summed E-state index contributed by atoms with van der Waals surface area (Å²) in [6.45, 7) is 5.07. The molecule has 0 bridgehead atoms. The van der Waals surface area contributed by atoms with Gasteiger partial charge in [-0.15, -0.1) is 0 Å². The Morgan fingerprint density at radius 1 is 1.15 bits per heavy atom. The lowest BCUT2D eigenvalue weighted by atomic mass is 10.0. The topological polar surface area (TPSA) is 66.8 Å². The average Bonchev–Trinajstić information content (AvgIpc) is 2.61. The molecule has 1 atom stereocenters. The van der Waals surface area contributed by atoms with Crippen LogP contribution >= 0.6 is 11.6 Å². The zero-order valence-corrected chi connectivity index (χ0v) is 16.2. The number of amides is 1. The largest absolute Gasteiger partial charge is 0.479 e. The number of benzene rings is 2. The van der Waals surface area contributed by atoms with E-state index < -0.39 is 23.8 Å². The van der Waals surface area contributed by atoms with Crippen LogP contribution in [-0.4, -0.2) is 41.1 Å². The molecule has 0 radical (unpaired) electrons. The van der Waals surface area contributed by atoms with Crippen LogP contribution in [0.2, 0.25) is 5.02 Å². The third-order valence-electron chi connectivity index (χ3n) is 4.20. The van der Waals surface area contributed by atoms with Crippen LogP contribution in [0.5, 0.6) is 5.75 Å².